The molecule has 1 unspecified atom stereocenters. The van der Waals surface area contributed by atoms with Crippen LogP contribution in [0.25, 0.3) is 10.2 Å². The molecule has 2 heterocycles. The molecule has 0 saturated heterocycles. The number of thiophene rings is 1. The van der Waals surface area contributed by atoms with E-state index in [0.717, 1.165) is 23.3 Å². The second-order valence-corrected chi connectivity index (χ2v) is 7.91. The molecule has 0 radical (unpaired) electrons. The monoisotopic (exact) mass is 413 g/mol. The van der Waals surface area contributed by atoms with Crippen molar-refractivity contribution in [3.8, 4) is 0 Å². The van der Waals surface area contributed by atoms with Crippen molar-refractivity contribution < 1.29 is 14.3 Å². The van der Waals surface area contributed by atoms with Gasteiger partial charge in [-0.1, -0.05) is 32.0 Å². The number of benzene rings is 1. The molecule has 1 amide bonds. The molecule has 2 N–H and O–H groups in total. The number of carbonyl (C=O) groups is 2. The van der Waals surface area contributed by atoms with Gasteiger partial charge in [0.2, 0.25) is 0 Å². The fourth-order valence-corrected chi connectivity index (χ4v) is 4.21. The number of nitrogens with zero attached hydrogens (tertiary/aromatic N) is 1. The third kappa shape index (κ3) is 4.37. The number of carbonyl (C=O) groups excluding carboxylic acids is 2. The molecule has 0 spiro atoms. The number of esters is 1. The van der Waals surface area contributed by atoms with Crippen LogP contribution in [0.1, 0.15) is 52.8 Å². The lowest BCUT2D eigenvalue weighted by Crippen LogP contribution is -2.21. The number of ether oxygens (including phenoxy) is 1. The van der Waals surface area contributed by atoms with Crippen LogP contribution in [0, 0.1) is 13.8 Å². The highest BCUT2D eigenvalue weighted by molar-refractivity contribution is 7.20. The minimum atomic E-state index is -0.645. The van der Waals surface area contributed by atoms with Crippen molar-refractivity contribution in [1.82, 2.24) is 9.97 Å². The number of rotatable bonds is 6. The zero-order valence-electron chi connectivity index (χ0n) is 16.8. The molecule has 2 aromatic heterocycles. The van der Waals surface area contributed by atoms with E-state index < -0.39 is 18.5 Å². The second kappa shape index (κ2) is 8.57. The van der Waals surface area contributed by atoms with Gasteiger partial charge in [0.1, 0.15) is 15.5 Å². The first kappa shape index (κ1) is 20.7. The molecular weight excluding hydrogens is 390 g/mol. The van der Waals surface area contributed by atoms with E-state index in [1.54, 1.807) is 13.8 Å². The maximum Gasteiger partial charge on any atom is 0.349 e. The summed E-state index contributed by atoms with van der Waals surface area (Å²) in [5.41, 5.74) is 1.97. The number of aromatic nitrogens is 2. The fourth-order valence-electron chi connectivity index (χ4n) is 3.09. The molecule has 7 nitrogen and oxygen atoms in total. The van der Waals surface area contributed by atoms with Gasteiger partial charge in [-0.3, -0.25) is 9.59 Å². The van der Waals surface area contributed by atoms with Gasteiger partial charge in [-0.15, -0.1) is 11.3 Å². The number of para-hydroxylation sites is 1. The van der Waals surface area contributed by atoms with E-state index in [9.17, 15) is 14.4 Å². The van der Waals surface area contributed by atoms with E-state index in [2.05, 4.69) is 29.1 Å². The lowest BCUT2D eigenvalue weighted by atomic mass is 9.97. The van der Waals surface area contributed by atoms with Gasteiger partial charge in [-0.25, -0.2) is 9.78 Å². The lowest BCUT2D eigenvalue weighted by Gasteiger charge is -2.15. The molecular formula is C21H23N3O4S. The maximum absolute atomic E-state index is 12.5. The first-order valence-electron chi connectivity index (χ1n) is 9.37. The van der Waals surface area contributed by atoms with Crippen molar-refractivity contribution in [1.29, 1.82) is 0 Å². The van der Waals surface area contributed by atoms with Crippen molar-refractivity contribution in [2.75, 3.05) is 11.9 Å². The van der Waals surface area contributed by atoms with Crippen LogP contribution < -0.4 is 10.9 Å². The van der Waals surface area contributed by atoms with Gasteiger partial charge in [-0.2, -0.15) is 0 Å². The Morgan fingerprint density at radius 2 is 2.00 bits per heavy atom. The van der Waals surface area contributed by atoms with Gasteiger partial charge in [0.15, 0.2) is 6.61 Å². The number of aryl methyl sites for hydroxylation is 2. The highest BCUT2D eigenvalue weighted by Gasteiger charge is 2.21. The topological polar surface area (TPSA) is 101 Å². The van der Waals surface area contributed by atoms with Crippen molar-refractivity contribution in [2.45, 2.75) is 40.0 Å². The summed E-state index contributed by atoms with van der Waals surface area (Å²) in [5, 5.41) is 3.18. The molecule has 0 bridgehead atoms. The number of amides is 1. The van der Waals surface area contributed by atoms with Crippen LogP contribution in [0.2, 0.25) is 0 Å². The van der Waals surface area contributed by atoms with Gasteiger partial charge < -0.3 is 15.0 Å². The summed E-state index contributed by atoms with van der Waals surface area (Å²) in [6, 6.07) is 7.58. The van der Waals surface area contributed by atoms with E-state index in [4.69, 9.17) is 4.74 Å². The van der Waals surface area contributed by atoms with Crippen LogP contribution in [0.4, 0.5) is 5.69 Å². The Morgan fingerprint density at radius 1 is 1.28 bits per heavy atom. The van der Waals surface area contributed by atoms with Crippen molar-refractivity contribution in [2.24, 2.45) is 0 Å². The molecule has 1 aromatic carbocycles. The van der Waals surface area contributed by atoms with E-state index >= 15 is 0 Å². The van der Waals surface area contributed by atoms with Crippen molar-refractivity contribution in [3.63, 3.8) is 0 Å². The van der Waals surface area contributed by atoms with Gasteiger partial charge >= 0.3 is 5.97 Å². The van der Waals surface area contributed by atoms with Crippen molar-refractivity contribution >= 4 is 39.1 Å². The number of anilines is 1. The Balaban J connectivity index is 1.71. The van der Waals surface area contributed by atoms with Crippen LogP contribution >= 0.6 is 11.3 Å². The molecule has 0 aliphatic rings. The third-order valence-electron chi connectivity index (χ3n) is 4.82. The Hall–Kier alpha value is -3.00. The Labute approximate surface area is 172 Å². The van der Waals surface area contributed by atoms with E-state index in [1.807, 2.05) is 24.3 Å². The van der Waals surface area contributed by atoms with E-state index in [0.29, 0.717) is 33.2 Å². The molecule has 1 atom stereocenters. The van der Waals surface area contributed by atoms with E-state index in [1.165, 1.54) is 0 Å². The molecule has 29 heavy (non-hydrogen) atoms. The van der Waals surface area contributed by atoms with Gasteiger partial charge in [0.05, 0.1) is 5.39 Å². The minimum absolute atomic E-state index is 0.274. The summed E-state index contributed by atoms with van der Waals surface area (Å²) in [6.45, 7) is 7.11. The minimum Gasteiger partial charge on any atom is -0.451 e. The predicted molar refractivity (Wildman–Crippen MR) is 114 cm³/mol. The summed E-state index contributed by atoms with van der Waals surface area (Å²) in [5.74, 6) is -0.292. The fraction of sp³-hybridized carbons (Fsp3) is 0.333. The predicted octanol–water partition coefficient (Wildman–Crippen LogP) is 3.91. The second-order valence-electron chi connectivity index (χ2n) is 6.91. The Kier molecular flexibility index (Phi) is 6.12. The van der Waals surface area contributed by atoms with Gasteiger partial charge in [0.25, 0.3) is 11.5 Å². The van der Waals surface area contributed by atoms with Crippen LogP contribution in [0.5, 0.6) is 0 Å². The summed E-state index contributed by atoms with van der Waals surface area (Å²) in [4.78, 5) is 44.6. The average molecular weight is 413 g/mol. The number of nitrogens with one attached hydrogen (secondary N) is 2. The molecule has 0 aliphatic heterocycles. The summed E-state index contributed by atoms with van der Waals surface area (Å²) >= 11 is 1.09. The van der Waals surface area contributed by atoms with Crippen LogP contribution in [-0.2, 0) is 9.53 Å². The number of H-pyrrole nitrogens is 1. The first-order chi connectivity index (χ1) is 13.8. The highest BCUT2D eigenvalue weighted by atomic mass is 32.1. The average Bonchev–Trinajstić information content (AvgIpc) is 3.02. The smallest absolute Gasteiger partial charge is 0.349 e. The molecule has 0 saturated carbocycles. The lowest BCUT2D eigenvalue weighted by molar-refractivity contribution is -0.119. The third-order valence-corrected chi connectivity index (χ3v) is 5.98. The molecule has 3 rings (SSSR count). The van der Waals surface area contributed by atoms with Gasteiger partial charge in [-0.05, 0) is 43.4 Å². The van der Waals surface area contributed by atoms with Gasteiger partial charge in [0, 0.05) is 5.69 Å². The Bertz CT molecular complexity index is 1130. The molecule has 8 heteroatoms. The largest absolute Gasteiger partial charge is 0.451 e. The quantitative estimate of drug-likeness (QED) is 0.597. The molecule has 0 fully saturated rings. The van der Waals surface area contributed by atoms with E-state index in [-0.39, 0.29) is 10.4 Å². The summed E-state index contributed by atoms with van der Waals surface area (Å²) < 4.78 is 5.19. The van der Waals surface area contributed by atoms with Crippen LogP contribution in [0.15, 0.2) is 29.1 Å². The number of hydrogen-bond acceptors (Lipinski definition) is 6. The normalized spacial score (nSPS) is 12.0. The summed E-state index contributed by atoms with van der Waals surface area (Å²) in [6.07, 6.45) is 0.944. The highest BCUT2D eigenvalue weighted by Crippen LogP contribution is 2.28. The van der Waals surface area contributed by atoms with Crippen molar-refractivity contribution in [3.05, 3.63) is 56.4 Å². The first-order valence-corrected chi connectivity index (χ1v) is 10.2. The number of fused-ring (bicyclic) bond motifs is 1. The molecule has 0 aliphatic carbocycles. The maximum atomic E-state index is 12.5. The Morgan fingerprint density at radius 3 is 2.72 bits per heavy atom. The zero-order chi connectivity index (χ0) is 21.1. The SMILES string of the molecule is CCC(C)c1ccccc1NC(=O)COC(=O)c1sc2nc(C)[nH]c(=O)c2c1C. The molecule has 152 valence electrons. The number of hydrogen-bond donors (Lipinski definition) is 2. The number of aromatic amines is 1. The van der Waals surface area contributed by atoms with Crippen LogP contribution in [-0.4, -0.2) is 28.5 Å². The zero-order valence-corrected chi connectivity index (χ0v) is 17.6. The molecule has 3 aromatic rings. The summed E-state index contributed by atoms with van der Waals surface area (Å²) in [7, 11) is 0. The van der Waals surface area contributed by atoms with Crippen LogP contribution in [0.3, 0.4) is 0 Å². The standard InChI is InChI=1S/C21H23N3O4S/c1-5-11(2)14-8-6-7-9-15(14)24-16(25)10-28-21(27)18-12(3)17-19(26)22-13(4)23-20(17)29-18/h6-9,11H,5,10H2,1-4H3,(H,24,25)(H,22,23,26).